The Morgan fingerprint density at radius 2 is 1.60 bits per heavy atom. The Labute approximate surface area is 116 Å². The normalized spacial score (nSPS) is 13.8. The summed E-state index contributed by atoms with van der Waals surface area (Å²) in [6.45, 7) is 0. The third-order valence-electron chi connectivity index (χ3n) is 3.08. The maximum Gasteiger partial charge on any atom is 0.279 e. The lowest BCUT2D eigenvalue weighted by atomic mass is 10.2. The zero-order valence-corrected chi connectivity index (χ0v) is 11.6. The summed E-state index contributed by atoms with van der Waals surface area (Å²) in [6, 6.07) is 19.0. The zero-order valence-electron chi connectivity index (χ0n) is 10.7. The van der Waals surface area contributed by atoms with Crippen molar-refractivity contribution in [2.45, 2.75) is 6.16 Å². The third kappa shape index (κ3) is 2.43. The highest BCUT2D eigenvalue weighted by Crippen LogP contribution is 2.46. The van der Waals surface area contributed by atoms with Crippen LogP contribution in [0.3, 0.4) is 0 Å². The van der Waals surface area contributed by atoms with Crippen LogP contribution in [-0.4, -0.2) is 10.2 Å². The van der Waals surface area contributed by atoms with Crippen molar-refractivity contribution in [3.8, 4) is 0 Å². The Kier molecular flexibility index (Phi) is 3.48. The van der Waals surface area contributed by atoms with E-state index in [9.17, 15) is 4.57 Å². The third-order valence-corrected chi connectivity index (χ3v) is 5.83. The van der Waals surface area contributed by atoms with Crippen molar-refractivity contribution < 1.29 is 8.98 Å². The van der Waals surface area contributed by atoms with Gasteiger partial charge in [0.15, 0.2) is 0 Å². The van der Waals surface area contributed by atoms with Crippen molar-refractivity contribution >= 4 is 18.1 Å². The molecule has 0 aliphatic rings. The largest absolute Gasteiger partial charge is 0.421 e. The molecule has 3 aromatic rings. The average molecular weight is 284 g/mol. The van der Waals surface area contributed by atoms with Crippen LogP contribution in [0.1, 0.15) is 5.56 Å². The van der Waals surface area contributed by atoms with Crippen LogP contribution in [0.15, 0.2) is 71.5 Å². The molecule has 2 aromatic carbocycles. The molecule has 1 unspecified atom stereocenters. The molecule has 20 heavy (non-hydrogen) atoms. The first kappa shape index (κ1) is 12.8. The van der Waals surface area contributed by atoms with Crippen LogP contribution in [0.2, 0.25) is 0 Å². The fourth-order valence-electron chi connectivity index (χ4n) is 2.10. The molecule has 0 N–H and O–H groups in total. The summed E-state index contributed by atoms with van der Waals surface area (Å²) in [4.78, 5) is 0. The van der Waals surface area contributed by atoms with Gasteiger partial charge in [-0.3, -0.25) is 0 Å². The summed E-state index contributed by atoms with van der Waals surface area (Å²) < 4.78 is 18.7. The molecule has 4 nitrogen and oxygen atoms in total. The number of benzene rings is 2. The van der Waals surface area contributed by atoms with Crippen LogP contribution < -0.4 is 10.9 Å². The van der Waals surface area contributed by atoms with Gasteiger partial charge >= 0.3 is 0 Å². The highest BCUT2D eigenvalue weighted by molar-refractivity contribution is 7.77. The topological polar surface area (TPSA) is 56.0 Å². The number of hydrogen-bond donors (Lipinski definition) is 0. The van der Waals surface area contributed by atoms with Gasteiger partial charge in [-0.1, -0.05) is 60.7 Å². The molecule has 0 aliphatic carbocycles. The van der Waals surface area contributed by atoms with Gasteiger partial charge in [0.1, 0.15) is 0 Å². The standard InChI is InChI=1S/C15H13N2O2P/c18-20(15-17-16-12-19-15,14-9-5-2-6-10-14)11-13-7-3-1-4-8-13/h1-10,12H,11H2. The summed E-state index contributed by atoms with van der Waals surface area (Å²) in [5, 5.41) is 8.28. The fraction of sp³-hybridized carbons (Fsp3) is 0.0667. The van der Waals surface area contributed by atoms with Crippen molar-refractivity contribution in [3.63, 3.8) is 0 Å². The molecule has 0 aliphatic heterocycles. The van der Waals surface area contributed by atoms with Gasteiger partial charge < -0.3 is 8.98 Å². The molecule has 1 heterocycles. The van der Waals surface area contributed by atoms with Crippen molar-refractivity contribution in [2.24, 2.45) is 0 Å². The van der Waals surface area contributed by atoms with E-state index in [2.05, 4.69) is 10.2 Å². The van der Waals surface area contributed by atoms with Gasteiger partial charge in [0.25, 0.3) is 5.63 Å². The number of rotatable bonds is 4. The first-order valence-corrected chi connectivity index (χ1v) is 8.13. The molecular formula is C15H13N2O2P. The second-order valence-corrected chi connectivity index (χ2v) is 7.13. The van der Waals surface area contributed by atoms with Crippen LogP contribution in [-0.2, 0) is 10.7 Å². The Balaban J connectivity index is 2.08. The molecule has 0 radical (unpaired) electrons. The Hall–Kier alpha value is -2.19. The van der Waals surface area contributed by atoms with E-state index in [0.29, 0.717) is 6.16 Å². The van der Waals surface area contributed by atoms with Crippen LogP contribution >= 0.6 is 7.14 Å². The van der Waals surface area contributed by atoms with Gasteiger partial charge in [-0.2, -0.15) is 0 Å². The molecule has 0 fully saturated rings. The molecule has 0 spiro atoms. The second-order valence-electron chi connectivity index (χ2n) is 4.44. The van der Waals surface area contributed by atoms with E-state index in [-0.39, 0.29) is 5.63 Å². The molecule has 0 saturated heterocycles. The van der Waals surface area contributed by atoms with E-state index in [1.54, 1.807) is 0 Å². The van der Waals surface area contributed by atoms with E-state index in [1.165, 1.54) is 6.39 Å². The highest BCUT2D eigenvalue weighted by atomic mass is 31.2. The van der Waals surface area contributed by atoms with E-state index in [4.69, 9.17) is 4.42 Å². The van der Waals surface area contributed by atoms with Crippen LogP contribution in [0, 0.1) is 0 Å². The minimum absolute atomic E-state index is 0.201. The molecular weight excluding hydrogens is 271 g/mol. The zero-order chi connectivity index (χ0) is 13.8. The monoisotopic (exact) mass is 284 g/mol. The first-order chi connectivity index (χ1) is 9.79. The van der Waals surface area contributed by atoms with Crippen LogP contribution in [0.4, 0.5) is 0 Å². The summed E-state index contributed by atoms with van der Waals surface area (Å²) >= 11 is 0. The van der Waals surface area contributed by atoms with Gasteiger partial charge in [-0.15, -0.1) is 10.2 Å². The first-order valence-electron chi connectivity index (χ1n) is 6.24. The van der Waals surface area contributed by atoms with Crippen molar-refractivity contribution in [1.82, 2.24) is 10.2 Å². The van der Waals surface area contributed by atoms with Gasteiger partial charge in [0.2, 0.25) is 13.5 Å². The molecule has 0 amide bonds. The van der Waals surface area contributed by atoms with Crippen molar-refractivity contribution in [1.29, 1.82) is 0 Å². The molecule has 1 aromatic heterocycles. The minimum atomic E-state index is -2.94. The minimum Gasteiger partial charge on any atom is -0.421 e. The summed E-state index contributed by atoms with van der Waals surface area (Å²) in [5.41, 5.74) is 1.19. The fourth-order valence-corrected chi connectivity index (χ4v) is 4.43. The van der Waals surface area contributed by atoms with Gasteiger partial charge in [-0.25, -0.2) is 0 Å². The predicted octanol–water partition coefficient (Wildman–Crippen LogP) is 2.58. The lowest BCUT2D eigenvalue weighted by molar-refractivity contribution is 0.556. The van der Waals surface area contributed by atoms with E-state index in [0.717, 1.165) is 10.9 Å². The lowest BCUT2D eigenvalue weighted by Gasteiger charge is -2.14. The molecule has 0 saturated carbocycles. The number of aromatic nitrogens is 2. The quantitative estimate of drug-likeness (QED) is 0.691. The van der Waals surface area contributed by atoms with E-state index >= 15 is 0 Å². The van der Waals surface area contributed by atoms with Gasteiger partial charge in [-0.05, 0) is 5.56 Å². The maximum absolute atomic E-state index is 13.5. The Morgan fingerprint density at radius 3 is 2.20 bits per heavy atom. The predicted molar refractivity (Wildman–Crippen MR) is 77.8 cm³/mol. The SMILES string of the molecule is O=P(Cc1ccccc1)(c1ccccc1)c1nnco1. The molecule has 0 bridgehead atoms. The number of hydrogen-bond acceptors (Lipinski definition) is 4. The number of nitrogens with zero attached hydrogens (tertiary/aromatic N) is 2. The highest BCUT2D eigenvalue weighted by Gasteiger charge is 2.32. The molecule has 5 heteroatoms. The molecule has 100 valence electrons. The van der Waals surface area contributed by atoms with E-state index < -0.39 is 7.14 Å². The molecule has 1 atom stereocenters. The Bertz CT molecular complexity index is 712. The molecule has 3 rings (SSSR count). The van der Waals surface area contributed by atoms with Gasteiger partial charge in [0.05, 0.1) is 0 Å². The average Bonchev–Trinajstić information content (AvgIpc) is 3.04. The maximum atomic E-state index is 13.5. The Morgan fingerprint density at radius 1 is 0.950 bits per heavy atom. The summed E-state index contributed by atoms with van der Waals surface area (Å²) in [6.07, 6.45) is 1.59. The van der Waals surface area contributed by atoms with Crippen molar-refractivity contribution in [2.75, 3.05) is 0 Å². The summed E-state index contributed by atoms with van der Waals surface area (Å²) in [7, 11) is -2.94. The summed E-state index contributed by atoms with van der Waals surface area (Å²) in [5.74, 6) is 0. The van der Waals surface area contributed by atoms with Crippen LogP contribution in [0.5, 0.6) is 0 Å². The smallest absolute Gasteiger partial charge is 0.279 e. The lowest BCUT2D eigenvalue weighted by Crippen LogP contribution is -2.18. The van der Waals surface area contributed by atoms with E-state index in [1.807, 2.05) is 60.7 Å². The van der Waals surface area contributed by atoms with Gasteiger partial charge in [0, 0.05) is 11.5 Å². The second kappa shape index (κ2) is 5.43. The van der Waals surface area contributed by atoms with Crippen LogP contribution in [0.25, 0.3) is 0 Å². The van der Waals surface area contributed by atoms with Crippen molar-refractivity contribution in [3.05, 3.63) is 72.6 Å².